The maximum Gasteiger partial charge on any atom is 0.408 e. The molecule has 13 heteroatoms. The molecule has 45 heavy (non-hydrogen) atoms. The van der Waals surface area contributed by atoms with Gasteiger partial charge in [-0.1, -0.05) is 47.6 Å². The molecule has 0 aromatic heterocycles. The van der Waals surface area contributed by atoms with E-state index in [2.05, 4.69) is 11.9 Å². The van der Waals surface area contributed by atoms with Crippen LogP contribution in [0.2, 0.25) is 10.0 Å². The van der Waals surface area contributed by atoms with E-state index in [9.17, 15) is 14.4 Å². The summed E-state index contributed by atoms with van der Waals surface area (Å²) in [6.07, 6.45) is -0.454. The largest absolute Gasteiger partial charge is 0.460 e. The molecule has 1 aromatic rings. The van der Waals surface area contributed by atoms with Gasteiger partial charge in [-0.3, -0.25) is 4.79 Å². The summed E-state index contributed by atoms with van der Waals surface area (Å²) in [5.41, 5.74) is 1.84. The smallest absolute Gasteiger partial charge is 0.408 e. The fraction of sp³-hybridized carbons (Fsp3) is 0.594. The second-order valence-corrected chi connectivity index (χ2v) is 17.4. The van der Waals surface area contributed by atoms with E-state index in [1.54, 1.807) is 85.9 Å². The lowest BCUT2D eigenvalue weighted by molar-refractivity contribution is -0.173. The molecule has 0 bridgehead atoms. The van der Waals surface area contributed by atoms with E-state index in [1.807, 2.05) is 0 Å². The Bertz CT molecular complexity index is 1340. The molecule has 0 heterocycles. The topological polar surface area (TPSA) is 126 Å². The van der Waals surface area contributed by atoms with Crippen LogP contribution in [0, 0.1) is 17.8 Å². The van der Waals surface area contributed by atoms with Gasteiger partial charge in [-0.25, -0.2) is 9.59 Å². The number of hydrogen-bond donors (Lipinski definition) is 2. The highest BCUT2D eigenvalue weighted by Gasteiger charge is 2.81. The number of benzene rings is 1. The van der Waals surface area contributed by atoms with Gasteiger partial charge in [0, 0.05) is 21.6 Å². The minimum Gasteiger partial charge on any atom is -0.460 e. The number of nitrogens with one attached hydrogen (secondary N) is 1. The van der Waals surface area contributed by atoms with Gasteiger partial charge in [-0.15, -0.1) is 11.8 Å². The van der Waals surface area contributed by atoms with Gasteiger partial charge in [0.15, 0.2) is 5.54 Å². The number of nitrogens with two attached hydrogens (primary N) is 1. The zero-order chi connectivity index (χ0) is 34.1. The van der Waals surface area contributed by atoms with Crippen molar-refractivity contribution in [3.8, 4) is 0 Å². The third-order valence-corrected chi connectivity index (χ3v) is 9.78. The summed E-state index contributed by atoms with van der Waals surface area (Å²) >= 11 is 15.1. The second-order valence-electron chi connectivity index (χ2n) is 14.0. The summed E-state index contributed by atoms with van der Waals surface area (Å²) in [6.45, 7) is 19.8. The number of alkyl carbamates (subject to hydrolysis) is 1. The van der Waals surface area contributed by atoms with Crippen molar-refractivity contribution >= 4 is 64.8 Å². The summed E-state index contributed by atoms with van der Waals surface area (Å²) in [4.78, 5) is 41.7. The van der Waals surface area contributed by atoms with Crippen molar-refractivity contribution in [2.24, 2.45) is 23.5 Å². The first-order valence-electron chi connectivity index (χ1n) is 14.5. The van der Waals surface area contributed by atoms with Gasteiger partial charge in [0.2, 0.25) is 0 Å². The van der Waals surface area contributed by atoms with Crippen LogP contribution in [0.4, 0.5) is 4.79 Å². The highest BCUT2D eigenvalue weighted by molar-refractivity contribution is 8.23. The number of hydrogen-bond acceptors (Lipinski definition) is 10. The zero-order valence-corrected chi connectivity index (χ0v) is 30.3. The first-order valence-corrected chi connectivity index (χ1v) is 17.0. The van der Waals surface area contributed by atoms with Crippen molar-refractivity contribution in [2.75, 3.05) is 0 Å². The lowest BCUT2D eigenvalue weighted by atomic mass is 9.86. The van der Waals surface area contributed by atoms with Crippen molar-refractivity contribution < 1.29 is 33.3 Å². The lowest BCUT2D eigenvalue weighted by Gasteiger charge is -2.41. The summed E-state index contributed by atoms with van der Waals surface area (Å²) in [5, 5.41) is 4.72. The number of halogens is 2. The van der Waals surface area contributed by atoms with Crippen LogP contribution in [0.5, 0.6) is 0 Å². The summed E-state index contributed by atoms with van der Waals surface area (Å²) < 4.78 is 24.6. The van der Waals surface area contributed by atoms with E-state index in [0.29, 0.717) is 19.8 Å². The number of rotatable bonds is 10. The Labute approximate surface area is 284 Å². The van der Waals surface area contributed by atoms with Crippen LogP contribution in [0.1, 0.15) is 67.9 Å². The molecule has 0 spiro atoms. The molecule has 0 saturated heterocycles. The molecule has 2 fully saturated rings. The average molecular weight is 704 g/mol. The fourth-order valence-corrected chi connectivity index (χ4v) is 7.91. The van der Waals surface area contributed by atoms with Gasteiger partial charge in [-0.2, -0.15) is 0 Å². The first kappa shape index (κ1) is 37.4. The monoisotopic (exact) mass is 702 g/mol. The van der Waals surface area contributed by atoms with Crippen LogP contribution in [0.3, 0.4) is 0 Å². The van der Waals surface area contributed by atoms with Crippen LogP contribution < -0.4 is 11.1 Å². The van der Waals surface area contributed by atoms with E-state index in [-0.39, 0.29) is 6.61 Å². The minimum absolute atomic E-state index is 0.0119. The SMILES string of the molecule is C=C(S/C=C\N)S[C@H]1[C@H]2[C@H](C(=O)OC(C)(C)C)[C@H]2[C@](NC(=O)OC(C)(C)C)(C(=O)OC(C)(C)C)[C@@H]1OCc1ccc(Cl)c(Cl)c1. The number of ether oxygens (including phenoxy) is 4. The number of thioether (sulfide) groups is 2. The Morgan fingerprint density at radius 1 is 0.978 bits per heavy atom. The Kier molecular flexibility index (Phi) is 11.6. The normalized spacial score (nSPS) is 26.2. The van der Waals surface area contributed by atoms with E-state index in [1.165, 1.54) is 29.7 Å². The Balaban J connectivity index is 2.19. The second kappa shape index (κ2) is 14.0. The highest BCUT2D eigenvalue weighted by atomic mass is 35.5. The molecule has 250 valence electrons. The van der Waals surface area contributed by atoms with Crippen LogP contribution >= 0.6 is 46.7 Å². The molecule has 2 aliphatic rings. The van der Waals surface area contributed by atoms with Gasteiger partial charge in [-0.05, 0) is 91.3 Å². The molecule has 2 aliphatic carbocycles. The lowest BCUT2D eigenvalue weighted by Crippen LogP contribution is -2.66. The van der Waals surface area contributed by atoms with Crippen LogP contribution in [-0.4, -0.2) is 51.7 Å². The summed E-state index contributed by atoms with van der Waals surface area (Å²) in [6, 6.07) is 5.08. The molecule has 3 N–H and O–H groups in total. The fourth-order valence-electron chi connectivity index (χ4n) is 5.42. The molecule has 3 rings (SSSR count). The van der Waals surface area contributed by atoms with E-state index in [0.717, 1.165) is 0 Å². The standard InChI is InChI=1S/C32H44Cl2N2O7S2/c1-17(44-14-13-35)45-24-21-22(26(37)41-29(2,3)4)23(21)32(27(38)42-30(5,6)7,36-28(39)43-31(8,9)10)25(24)40-16-18-11-12-19(33)20(34)15-18/h11-15,21-25H,1,16,35H2,2-10H3,(H,36,39)/b14-13-/t21-,22-,23-,24-,25+,32+/m0/s1. The molecule has 1 aromatic carbocycles. The summed E-state index contributed by atoms with van der Waals surface area (Å²) in [5.74, 6) is -3.13. The van der Waals surface area contributed by atoms with Crippen molar-refractivity contribution in [3.63, 3.8) is 0 Å². The average Bonchev–Trinajstić information content (AvgIpc) is 3.55. The van der Waals surface area contributed by atoms with E-state index in [4.69, 9.17) is 47.9 Å². The third-order valence-electron chi connectivity index (χ3n) is 6.81. The molecule has 2 saturated carbocycles. The predicted octanol–water partition coefficient (Wildman–Crippen LogP) is 7.44. The zero-order valence-electron chi connectivity index (χ0n) is 27.2. The van der Waals surface area contributed by atoms with Gasteiger partial charge in [0.05, 0.1) is 22.6 Å². The molecule has 0 aliphatic heterocycles. The van der Waals surface area contributed by atoms with Crippen LogP contribution in [-0.2, 0) is 35.1 Å². The van der Waals surface area contributed by atoms with E-state index >= 15 is 0 Å². The number of carbonyl (C=O) groups excluding carboxylic acids is 3. The predicted molar refractivity (Wildman–Crippen MR) is 181 cm³/mol. The van der Waals surface area contributed by atoms with Crippen molar-refractivity contribution in [1.29, 1.82) is 0 Å². The van der Waals surface area contributed by atoms with Crippen LogP contribution in [0.25, 0.3) is 0 Å². The van der Waals surface area contributed by atoms with Crippen molar-refractivity contribution in [2.45, 2.75) is 103 Å². The quantitative estimate of drug-likeness (QED) is 0.188. The molecule has 6 atom stereocenters. The van der Waals surface area contributed by atoms with Gasteiger partial charge < -0.3 is 30.0 Å². The Hall–Kier alpha value is -2.05. The third kappa shape index (κ3) is 9.50. The number of carbonyl (C=O) groups is 3. The summed E-state index contributed by atoms with van der Waals surface area (Å²) in [7, 11) is 0. The Morgan fingerprint density at radius 3 is 2.11 bits per heavy atom. The highest BCUT2D eigenvalue weighted by Crippen LogP contribution is 2.68. The van der Waals surface area contributed by atoms with Gasteiger partial charge in [0.1, 0.15) is 22.9 Å². The van der Waals surface area contributed by atoms with Gasteiger partial charge >= 0.3 is 18.0 Å². The van der Waals surface area contributed by atoms with Crippen LogP contribution in [0.15, 0.2) is 40.6 Å². The van der Waals surface area contributed by atoms with E-state index < -0.39 is 69.5 Å². The molecule has 9 nitrogen and oxygen atoms in total. The molecule has 0 unspecified atom stereocenters. The number of fused-ring (bicyclic) bond motifs is 1. The molecular formula is C32H44Cl2N2O7S2. The number of esters is 2. The Morgan fingerprint density at radius 2 is 1.58 bits per heavy atom. The molecular weight excluding hydrogens is 659 g/mol. The van der Waals surface area contributed by atoms with Crippen molar-refractivity contribution in [1.82, 2.24) is 5.32 Å². The first-order chi connectivity index (χ1) is 20.6. The number of amides is 1. The van der Waals surface area contributed by atoms with Gasteiger partial charge in [0.25, 0.3) is 0 Å². The minimum atomic E-state index is -1.83. The molecule has 1 amide bonds. The van der Waals surface area contributed by atoms with Crippen molar-refractivity contribution in [3.05, 3.63) is 56.2 Å². The maximum atomic E-state index is 14.5. The molecule has 0 radical (unpaired) electrons. The maximum absolute atomic E-state index is 14.5.